The molecule has 0 aliphatic rings. The zero-order valence-corrected chi connectivity index (χ0v) is 12.2. The van der Waals surface area contributed by atoms with Gasteiger partial charge < -0.3 is 0 Å². The molecule has 0 aromatic heterocycles. The van der Waals surface area contributed by atoms with Gasteiger partial charge in [-0.2, -0.15) is 0 Å². The smallest absolute Gasteiger partial charge is 0.126 e. The summed E-state index contributed by atoms with van der Waals surface area (Å²) in [4.78, 5) is 0. The minimum atomic E-state index is -0.449. The van der Waals surface area contributed by atoms with E-state index in [1.54, 1.807) is 0 Å². The standard InChI is InChI=1S/C14H13F2IN2/c15-11-3-6-13(16)10(7-11)8-14(19-18)9-1-4-12(17)5-2-9/h1-7,14,19H,8,18H2. The molecule has 0 saturated carbocycles. The summed E-state index contributed by atoms with van der Waals surface area (Å²) in [5.74, 6) is 4.64. The summed E-state index contributed by atoms with van der Waals surface area (Å²) in [7, 11) is 0. The van der Waals surface area contributed by atoms with Crippen molar-refractivity contribution >= 4 is 22.6 Å². The van der Waals surface area contributed by atoms with Crippen molar-refractivity contribution in [2.24, 2.45) is 5.84 Å². The summed E-state index contributed by atoms with van der Waals surface area (Å²) in [5.41, 5.74) is 3.88. The van der Waals surface area contributed by atoms with Crippen LogP contribution in [0, 0.1) is 15.2 Å². The van der Waals surface area contributed by atoms with Gasteiger partial charge in [0.15, 0.2) is 0 Å². The predicted molar refractivity (Wildman–Crippen MR) is 79.3 cm³/mol. The Morgan fingerprint density at radius 1 is 1.11 bits per heavy atom. The summed E-state index contributed by atoms with van der Waals surface area (Å²) in [5, 5.41) is 0. The average Bonchev–Trinajstić information content (AvgIpc) is 2.41. The van der Waals surface area contributed by atoms with Gasteiger partial charge in [-0.15, -0.1) is 0 Å². The largest absolute Gasteiger partial charge is 0.271 e. The number of rotatable bonds is 4. The fraction of sp³-hybridized carbons (Fsp3) is 0.143. The van der Waals surface area contributed by atoms with E-state index in [0.29, 0.717) is 12.0 Å². The van der Waals surface area contributed by atoms with Gasteiger partial charge in [0.2, 0.25) is 0 Å². The number of hydrazine groups is 1. The third kappa shape index (κ3) is 3.71. The second-order valence-corrected chi connectivity index (χ2v) is 5.46. The van der Waals surface area contributed by atoms with E-state index in [0.717, 1.165) is 21.3 Å². The molecule has 0 heterocycles. The lowest BCUT2D eigenvalue weighted by molar-refractivity contribution is 0.523. The molecule has 2 rings (SSSR count). The number of hydrogen-bond acceptors (Lipinski definition) is 2. The van der Waals surface area contributed by atoms with Gasteiger partial charge in [0.05, 0.1) is 6.04 Å². The van der Waals surface area contributed by atoms with Crippen molar-refractivity contribution in [3.63, 3.8) is 0 Å². The molecule has 2 nitrogen and oxygen atoms in total. The lowest BCUT2D eigenvalue weighted by Crippen LogP contribution is -2.29. The highest BCUT2D eigenvalue weighted by Gasteiger charge is 2.13. The Bertz CT molecular complexity index is 558. The lowest BCUT2D eigenvalue weighted by Gasteiger charge is -2.17. The molecule has 0 aliphatic carbocycles. The Morgan fingerprint density at radius 2 is 1.79 bits per heavy atom. The lowest BCUT2D eigenvalue weighted by atomic mass is 9.99. The van der Waals surface area contributed by atoms with Crippen molar-refractivity contribution in [1.29, 1.82) is 0 Å². The molecular weight excluding hydrogens is 361 g/mol. The number of hydrogen-bond donors (Lipinski definition) is 2. The van der Waals surface area contributed by atoms with Crippen molar-refractivity contribution in [3.05, 3.63) is 68.8 Å². The highest BCUT2D eigenvalue weighted by molar-refractivity contribution is 14.1. The quantitative estimate of drug-likeness (QED) is 0.490. The van der Waals surface area contributed by atoms with Gasteiger partial charge in [0.1, 0.15) is 11.6 Å². The molecule has 5 heteroatoms. The van der Waals surface area contributed by atoms with Crippen molar-refractivity contribution < 1.29 is 8.78 Å². The minimum absolute atomic E-state index is 0.256. The Hall–Kier alpha value is -1.05. The average molecular weight is 374 g/mol. The summed E-state index contributed by atoms with van der Waals surface area (Å²) in [6, 6.07) is 10.9. The number of benzene rings is 2. The number of halogens is 3. The van der Waals surface area contributed by atoms with Crippen molar-refractivity contribution in [3.8, 4) is 0 Å². The van der Waals surface area contributed by atoms with Gasteiger partial charge in [-0.3, -0.25) is 11.3 Å². The fourth-order valence-corrected chi connectivity index (χ4v) is 2.25. The monoisotopic (exact) mass is 374 g/mol. The van der Waals surface area contributed by atoms with E-state index < -0.39 is 11.6 Å². The summed E-state index contributed by atoms with van der Waals surface area (Å²) in [6.45, 7) is 0. The van der Waals surface area contributed by atoms with Crippen molar-refractivity contribution in [2.75, 3.05) is 0 Å². The van der Waals surface area contributed by atoms with E-state index in [-0.39, 0.29) is 6.04 Å². The van der Waals surface area contributed by atoms with Crippen LogP contribution in [0.3, 0.4) is 0 Å². The molecule has 0 bridgehead atoms. The van der Waals surface area contributed by atoms with Crippen molar-refractivity contribution in [2.45, 2.75) is 12.5 Å². The second kappa shape index (κ2) is 6.40. The van der Waals surface area contributed by atoms with Crippen LogP contribution in [-0.2, 0) is 6.42 Å². The molecule has 0 fully saturated rings. The van der Waals surface area contributed by atoms with Gasteiger partial charge in [-0.05, 0) is 70.5 Å². The van der Waals surface area contributed by atoms with Crippen LogP contribution in [0.1, 0.15) is 17.2 Å². The molecule has 0 radical (unpaired) electrons. The van der Waals surface area contributed by atoms with Gasteiger partial charge in [-0.25, -0.2) is 8.78 Å². The van der Waals surface area contributed by atoms with Crippen LogP contribution >= 0.6 is 22.6 Å². The highest BCUT2D eigenvalue weighted by atomic mass is 127. The van der Waals surface area contributed by atoms with Crippen LogP contribution in [0.25, 0.3) is 0 Å². The third-order valence-electron chi connectivity index (χ3n) is 2.91. The van der Waals surface area contributed by atoms with E-state index >= 15 is 0 Å². The SMILES string of the molecule is NNC(Cc1cc(F)ccc1F)c1ccc(I)cc1. The highest BCUT2D eigenvalue weighted by Crippen LogP contribution is 2.21. The first kappa shape index (κ1) is 14.4. The molecule has 0 spiro atoms. The molecule has 0 aliphatic heterocycles. The maximum atomic E-state index is 13.6. The van der Waals surface area contributed by atoms with Gasteiger partial charge >= 0.3 is 0 Å². The Kier molecular flexibility index (Phi) is 4.84. The second-order valence-electron chi connectivity index (χ2n) is 4.21. The molecule has 19 heavy (non-hydrogen) atoms. The van der Waals surface area contributed by atoms with Crippen molar-refractivity contribution in [1.82, 2.24) is 5.43 Å². The van der Waals surface area contributed by atoms with E-state index in [1.807, 2.05) is 24.3 Å². The molecule has 0 amide bonds. The molecule has 3 N–H and O–H groups in total. The Labute approximate surface area is 124 Å². The maximum absolute atomic E-state index is 13.6. The first-order chi connectivity index (χ1) is 9.10. The summed E-state index contributed by atoms with van der Waals surface area (Å²) < 4.78 is 27.9. The first-order valence-corrected chi connectivity index (χ1v) is 6.83. The van der Waals surface area contributed by atoms with Gasteiger partial charge in [0.25, 0.3) is 0 Å². The van der Waals surface area contributed by atoms with E-state index in [4.69, 9.17) is 5.84 Å². The molecule has 2 aromatic carbocycles. The minimum Gasteiger partial charge on any atom is -0.271 e. The number of nitrogens with one attached hydrogen (secondary N) is 1. The maximum Gasteiger partial charge on any atom is 0.126 e. The first-order valence-electron chi connectivity index (χ1n) is 5.75. The predicted octanol–water partition coefficient (Wildman–Crippen LogP) is 3.32. The molecule has 100 valence electrons. The number of nitrogens with two attached hydrogens (primary N) is 1. The van der Waals surface area contributed by atoms with E-state index in [9.17, 15) is 8.78 Å². The molecule has 1 unspecified atom stereocenters. The van der Waals surface area contributed by atoms with Crippen LogP contribution in [0.4, 0.5) is 8.78 Å². The van der Waals surface area contributed by atoms with Crippen LogP contribution in [0.2, 0.25) is 0 Å². The third-order valence-corrected chi connectivity index (χ3v) is 3.62. The van der Waals surface area contributed by atoms with Gasteiger partial charge in [0, 0.05) is 3.57 Å². The van der Waals surface area contributed by atoms with Crippen LogP contribution < -0.4 is 11.3 Å². The molecular formula is C14H13F2IN2. The van der Waals surface area contributed by atoms with E-state index in [1.165, 1.54) is 6.07 Å². The molecule has 2 aromatic rings. The zero-order valence-electron chi connectivity index (χ0n) is 10.0. The Balaban J connectivity index is 2.23. The topological polar surface area (TPSA) is 38.0 Å². The van der Waals surface area contributed by atoms with Gasteiger partial charge in [-0.1, -0.05) is 12.1 Å². The fourth-order valence-electron chi connectivity index (χ4n) is 1.89. The van der Waals surface area contributed by atoms with E-state index in [2.05, 4.69) is 28.0 Å². The Morgan fingerprint density at radius 3 is 2.42 bits per heavy atom. The normalized spacial score (nSPS) is 12.4. The summed E-state index contributed by atoms with van der Waals surface area (Å²) in [6.07, 6.45) is 0.292. The zero-order chi connectivity index (χ0) is 13.8. The summed E-state index contributed by atoms with van der Waals surface area (Å²) >= 11 is 2.20. The molecule has 1 atom stereocenters. The molecule has 0 saturated heterocycles. The van der Waals surface area contributed by atoms with Crippen LogP contribution in [0.15, 0.2) is 42.5 Å². The van der Waals surface area contributed by atoms with Crippen LogP contribution in [-0.4, -0.2) is 0 Å². The van der Waals surface area contributed by atoms with Crippen LogP contribution in [0.5, 0.6) is 0 Å².